The molecule has 2 unspecified atom stereocenters. The third-order valence-corrected chi connectivity index (χ3v) is 3.69. The second kappa shape index (κ2) is 10.4. The number of hydrogen-bond donors (Lipinski definition) is 3. The van der Waals surface area contributed by atoms with Gasteiger partial charge in [0, 0.05) is 13.1 Å². The summed E-state index contributed by atoms with van der Waals surface area (Å²) in [4.78, 5) is 22.3. The number of rotatable bonds is 10. The quantitative estimate of drug-likeness (QED) is 0.540. The average molecular weight is 300 g/mol. The summed E-state index contributed by atoms with van der Waals surface area (Å²) in [5.74, 6) is -0.926. The van der Waals surface area contributed by atoms with E-state index >= 15 is 0 Å². The Labute approximate surface area is 126 Å². The van der Waals surface area contributed by atoms with E-state index in [2.05, 4.69) is 17.6 Å². The van der Waals surface area contributed by atoms with Crippen molar-refractivity contribution in [2.75, 3.05) is 13.1 Å². The molecule has 6 nitrogen and oxygen atoms in total. The molecule has 1 fully saturated rings. The molecule has 21 heavy (non-hydrogen) atoms. The van der Waals surface area contributed by atoms with Gasteiger partial charge in [-0.05, 0) is 19.3 Å². The molecule has 0 aliphatic carbocycles. The van der Waals surface area contributed by atoms with Crippen LogP contribution in [0, 0.1) is 0 Å². The highest BCUT2D eigenvalue weighted by atomic mass is 16.5. The average Bonchev–Trinajstić information content (AvgIpc) is 2.93. The fourth-order valence-electron chi connectivity index (χ4n) is 2.41. The van der Waals surface area contributed by atoms with E-state index in [1.54, 1.807) is 0 Å². The van der Waals surface area contributed by atoms with Gasteiger partial charge < -0.3 is 20.5 Å². The Morgan fingerprint density at radius 1 is 1.10 bits per heavy atom. The van der Waals surface area contributed by atoms with Crippen molar-refractivity contribution in [1.82, 2.24) is 10.6 Å². The second-order valence-corrected chi connectivity index (χ2v) is 5.57. The van der Waals surface area contributed by atoms with Crippen LogP contribution < -0.4 is 10.6 Å². The molecule has 0 aromatic carbocycles. The van der Waals surface area contributed by atoms with Gasteiger partial charge in [0.05, 0.1) is 6.10 Å². The first-order valence-corrected chi connectivity index (χ1v) is 8.03. The molecule has 2 amide bonds. The first-order chi connectivity index (χ1) is 10.1. The zero-order valence-electron chi connectivity index (χ0n) is 12.9. The molecule has 122 valence electrons. The van der Waals surface area contributed by atoms with Crippen molar-refractivity contribution in [2.24, 2.45) is 0 Å². The van der Waals surface area contributed by atoms with E-state index in [9.17, 15) is 9.59 Å². The molecule has 3 N–H and O–H groups in total. The normalized spacial score (nSPS) is 21.2. The van der Waals surface area contributed by atoms with Crippen LogP contribution in [0.5, 0.6) is 0 Å². The van der Waals surface area contributed by atoms with Crippen LogP contribution in [0.15, 0.2) is 0 Å². The zero-order chi connectivity index (χ0) is 15.5. The predicted molar refractivity (Wildman–Crippen MR) is 80.3 cm³/mol. The van der Waals surface area contributed by atoms with Crippen molar-refractivity contribution in [3.63, 3.8) is 0 Å². The summed E-state index contributed by atoms with van der Waals surface area (Å²) in [6.07, 6.45) is 7.45. The number of amides is 2. The van der Waals surface area contributed by atoms with Gasteiger partial charge in [-0.2, -0.15) is 0 Å². The van der Waals surface area contributed by atoms with Gasteiger partial charge in [0.15, 0.2) is 6.10 Å². The lowest BCUT2D eigenvalue weighted by Gasteiger charge is -2.13. The smallest absolute Gasteiger partial charge is 0.332 e. The van der Waals surface area contributed by atoms with E-state index in [4.69, 9.17) is 9.84 Å². The third kappa shape index (κ3) is 7.90. The van der Waals surface area contributed by atoms with Crippen LogP contribution in [0.3, 0.4) is 0 Å². The summed E-state index contributed by atoms with van der Waals surface area (Å²) in [5, 5.41) is 14.3. The summed E-state index contributed by atoms with van der Waals surface area (Å²) < 4.78 is 5.31. The lowest BCUT2D eigenvalue weighted by molar-refractivity contribution is -0.149. The molecule has 0 aromatic heterocycles. The minimum absolute atomic E-state index is 0.189. The molecule has 1 aliphatic rings. The number of aliphatic carboxylic acids is 1. The Hall–Kier alpha value is -1.30. The van der Waals surface area contributed by atoms with Crippen molar-refractivity contribution in [3.8, 4) is 0 Å². The van der Waals surface area contributed by atoms with E-state index in [0.29, 0.717) is 25.9 Å². The summed E-state index contributed by atoms with van der Waals surface area (Å²) in [6.45, 7) is 3.24. The molecule has 1 saturated heterocycles. The number of nitrogens with one attached hydrogen (secondary N) is 2. The van der Waals surface area contributed by atoms with Crippen LogP contribution in [0.2, 0.25) is 0 Å². The van der Waals surface area contributed by atoms with E-state index in [1.165, 1.54) is 25.7 Å². The highest BCUT2D eigenvalue weighted by Gasteiger charge is 2.30. The fraction of sp³-hybridized carbons (Fsp3) is 0.867. The van der Waals surface area contributed by atoms with Crippen molar-refractivity contribution < 1.29 is 19.4 Å². The van der Waals surface area contributed by atoms with Gasteiger partial charge in [-0.15, -0.1) is 0 Å². The van der Waals surface area contributed by atoms with Crippen molar-refractivity contribution in [3.05, 3.63) is 0 Å². The van der Waals surface area contributed by atoms with Gasteiger partial charge in [-0.1, -0.05) is 39.0 Å². The zero-order valence-corrected chi connectivity index (χ0v) is 12.9. The van der Waals surface area contributed by atoms with E-state index in [-0.39, 0.29) is 12.1 Å². The first kappa shape index (κ1) is 17.8. The molecular weight excluding hydrogens is 272 g/mol. The van der Waals surface area contributed by atoms with E-state index in [0.717, 1.165) is 12.8 Å². The number of ether oxygens (including phenoxy) is 1. The van der Waals surface area contributed by atoms with Crippen LogP contribution in [0.25, 0.3) is 0 Å². The summed E-state index contributed by atoms with van der Waals surface area (Å²) in [7, 11) is 0. The van der Waals surface area contributed by atoms with Crippen LogP contribution >= 0.6 is 0 Å². The second-order valence-electron chi connectivity index (χ2n) is 5.57. The molecule has 0 aromatic rings. The first-order valence-electron chi connectivity index (χ1n) is 8.03. The summed E-state index contributed by atoms with van der Waals surface area (Å²) >= 11 is 0. The maximum atomic E-state index is 11.6. The molecule has 1 aliphatic heterocycles. The Kier molecular flexibility index (Phi) is 8.82. The molecule has 1 rings (SSSR count). The standard InChI is InChI=1S/C15H28N2O4/c1-2-3-4-5-6-7-10-16-15(20)17-11-12-8-9-13(21-12)14(18)19/h12-13H,2-11H2,1H3,(H,18,19)(H2,16,17,20). The number of hydrogen-bond acceptors (Lipinski definition) is 3. The molecule has 0 spiro atoms. The fourth-order valence-corrected chi connectivity index (χ4v) is 2.41. The summed E-state index contributed by atoms with van der Waals surface area (Å²) in [6, 6.07) is -0.203. The van der Waals surface area contributed by atoms with Crippen LogP contribution in [-0.2, 0) is 9.53 Å². The number of carbonyl (C=O) groups excluding carboxylic acids is 1. The van der Waals surface area contributed by atoms with Gasteiger partial charge in [0.2, 0.25) is 0 Å². The Morgan fingerprint density at radius 2 is 1.81 bits per heavy atom. The molecule has 0 bridgehead atoms. The molecule has 0 radical (unpaired) electrons. The maximum Gasteiger partial charge on any atom is 0.332 e. The van der Waals surface area contributed by atoms with Gasteiger partial charge in [0.25, 0.3) is 0 Å². The number of urea groups is 1. The summed E-state index contributed by atoms with van der Waals surface area (Å²) in [5.41, 5.74) is 0. The van der Waals surface area contributed by atoms with Crippen LogP contribution in [0.1, 0.15) is 58.3 Å². The van der Waals surface area contributed by atoms with Crippen LogP contribution in [0.4, 0.5) is 4.79 Å². The number of carbonyl (C=O) groups is 2. The molecule has 0 saturated carbocycles. The Morgan fingerprint density at radius 3 is 2.48 bits per heavy atom. The SMILES string of the molecule is CCCCCCCCNC(=O)NCC1CCC(C(=O)O)O1. The van der Waals surface area contributed by atoms with Gasteiger partial charge in [-0.25, -0.2) is 9.59 Å². The van der Waals surface area contributed by atoms with Gasteiger partial charge in [-0.3, -0.25) is 0 Å². The minimum Gasteiger partial charge on any atom is -0.479 e. The monoisotopic (exact) mass is 300 g/mol. The van der Waals surface area contributed by atoms with Crippen molar-refractivity contribution >= 4 is 12.0 Å². The maximum absolute atomic E-state index is 11.6. The Bertz CT molecular complexity index is 323. The minimum atomic E-state index is -0.926. The largest absolute Gasteiger partial charge is 0.479 e. The molecule has 2 atom stereocenters. The molecular formula is C15H28N2O4. The number of carboxylic acid groups (broad SMARTS) is 1. The highest BCUT2D eigenvalue weighted by Crippen LogP contribution is 2.19. The van der Waals surface area contributed by atoms with Gasteiger partial charge >= 0.3 is 12.0 Å². The van der Waals surface area contributed by atoms with Crippen LogP contribution in [-0.4, -0.2) is 42.4 Å². The van der Waals surface area contributed by atoms with E-state index in [1.807, 2.05) is 0 Å². The highest BCUT2D eigenvalue weighted by molar-refractivity contribution is 5.74. The Balaban J connectivity index is 1.96. The molecule has 6 heteroatoms. The lowest BCUT2D eigenvalue weighted by atomic mass is 10.1. The topological polar surface area (TPSA) is 87.7 Å². The predicted octanol–water partition coefficient (Wildman–Crippen LogP) is 2.28. The van der Waals surface area contributed by atoms with Crippen molar-refractivity contribution in [1.29, 1.82) is 0 Å². The van der Waals surface area contributed by atoms with Crippen molar-refractivity contribution in [2.45, 2.75) is 70.5 Å². The van der Waals surface area contributed by atoms with E-state index < -0.39 is 12.1 Å². The number of unbranched alkanes of at least 4 members (excludes halogenated alkanes) is 5. The van der Waals surface area contributed by atoms with Gasteiger partial charge in [0.1, 0.15) is 0 Å². The molecule has 1 heterocycles. The third-order valence-electron chi connectivity index (χ3n) is 3.69. The lowest BCUT2D eigenvalue weighted by Crippen LogP contribution is -2.40. The number of carboxylic acids is 1.